The molecule has 0 aliphatic heterocycles. The first-order valence-corrected chi connectivity index (χ1v) is 3.34. The fraction of sp³-hybridized carbons (Fsp3) is 0.143. The normalized spacial score (nSPS) is 8.45. The molecule has 0 amide bonds. The molecule has 0 aliphatic rings. The van der Waals surface area contributed by atoms with E-state index in [0.29, 0.717) is 6.42 Å². The van der Waals surface area contributed by atoms with E-state index in [0.717, 1.165) is 5.56 Å². The molecule has 0 bridgehead atoms. The fourth-order valence-electron chi connectivity index (χ4n) is 0.675. The first-order chi connectivity index (χ1) is 4.79. The van der Waals surface area contributed by atoms with E-state index in [1.165, 1.54) is 0 Å². The van der Waals surface area contributed by atoms with Crippen molar-refractivity contribution >= 4 is 34.7 Å². The predicted molar refractivity (Wildman–Crippen MR) is 52.3 cm³/mol. The highest BCUT2D eigenvalue weighted by atomic mass is 79.9. The van der Waals surface area contributed by atoms with Crippen molar-refractivity contribution < 1.29 is 4.79 Å². The Morgan fingerprint density at radius 2 is 2.00 bits per heavy atom. The summed E-state index contributed by atoms with van der Waals surface area (Å²) in [6.07, 6.45) is 3.70. The fourth-order valence-corrected chi connectivity index (χ4v) is 0.858. The summed E-state index contributed by atoms with van der Waals surface area (Å²) in [5.41, 5.74) is 0.954. The van der Waals surface area contributed by atoms with E-state index < -0.39 is 0 Å². The van der Waals surface area contributed by atoms with Crippen LogP contribution in [0, 0.1) is 0 Å². The highest BCUT2D eigenvalue weighted by Gasteiger charge is 1.95. The van der Waals surface area contributed by atoms with Crippen molar-refractivity contribution in [2.75, 3.05) is 0 Å². The molecule has 1 aromatic heterocycles. The zero-order valence-electron chi connectivity index (χ0n) is 5.73. The van der Waals surface area contributed by atoms with Crippen LogP contribution in [0.3, 0.4) is 0 Å². The van der Waals surface area contributed by atoms with Gasteiger partial charge < -0.3 is 0 Å². The molecule has 1 rings (SSSR count). The quantitative estimate of drug-likeness (QED) is 0.788. The lowest BCUT2D eigenvalue weighted by molar-refractivity contribution is -0.110. The number of aromatic nitrogens is 1. The van der Waals surface area contributed by atoms with Gasteiger partial charge in [-0.15, -0.1) is 29.6 Å². The standard InChI is InChI=1S/C7H7NOS.BrH/c9-7(10)5-6-1-3-8-4-2-6;/h1-4H,5H2,(H,9,10);1H. The van der Waals surface area contributed by atoms with E-state index in [1.807, 2.05) is 0 Å². The highest BCUT2D eigenvalue weighted by molar-refractivity contribution is 8.93. The molecule has 0 unspecified atom stereocenters. The van der Waals surface area contributed by atoms with E-state index in [1.54, 1.807) is 24.5 Å². The molecule has 11 heavy (non-hydrogen) atoms. The summed E-state index contributed by atoms with van der Waals surface area (Å²) >= 11 is 3.65. The maximum absolute atomic E-state index is 10.5. The molecule has 0 atom stereocenters. The van der Waals surface area contributed by atoms with Gasteiger partial charge in [0.25, 0.3) is 0 Å². The van der Waals surface area contributed by atoms with E-state index in [2.05, 4.69) is 17.6 Å². The van der Waals surface area contributed by atoms with Crippen molar-refractivity contribution in [3.63, 3.8) is 0 Å². The van der Waals surface area contributed by atoms with Gasteiger partial charge in [-0.1, -0.05) is 0 Å². The SMILES string of the molecule is Br.O=C(S)Cc1ccncc1. The number of carbonyl (C=O) groups is 1. The molecular weight excluding hydrogens is 226 g/mol. The van der Waals surface area contributed by atoms with Gasteiger partial charge in [0.2, 0.25) is 0 Å². The zero-order valence-corrected chi connectivity index (χ0v) is 8.33. The van der Waals surface area contributed by atoms with Crippen molar-refractivity contribution in [3.8, 4) is 0 Å². The lowest BCUT2D eigenvalue weighted by atomic mass is 10.2. The van der Waals surface area contributed by atoms with Gasteiger partial charge in [-0.3, -0.25) is 9.78 Å². The Labute approximate surface area is 81.2 Å². The van der Waals surface area contributed by atoms with Crippen LogP contribution in [0.1, 0.15) is 5.56 Å². The van der Waals surface area contributed by atoms with E-state index in [4.69, 9.17) is 0 Å². The second-order valence-electron chi connectivity index (χ2n) is 1.93. The summed E-state index contributed by atoms with van der Waals surface area (Å²) in [6.45, 7) is 0. The predicted octanol–water partition coefficient (Wildman–Crippen LogP) is 1.66. The van der Waals surface area contributed by atoms with Gasteiger partial charge in [0, 0.05) is 18.8 Å². The number of halogens is 1. The number of nitrogens with zero attached hydrogens (tertiary/aromatic N) is 1. The van der Waals surface area contributed by atoms with Gasteiger partial charge in [-0.05, 0) is 17.7 Å². The third kappa shape index (κ3) is 4.16. The summed E-state index contributed by atoms with van der Waals surface area (Å²) in [5, 5.41) is -0.119. The summed E-state index contributed by atoms with van der Waals surface area (Å²) in [6, 6.07) is 3.60. The average molecular weight is 234 g/mol. The van der Waals surface area contributed by atoms with Gasteiger partial charge >= 0.3 is 0 Å². The number of pyridine rings is 1. The van der Waals surface area contributed by atoms with E-state index >= 15 is 0 Å². The molecule has 0 saturated carbocycles. The summed E-state index contributed by atoms with van der Waals surface area (Å²) in [5.74, 6) is 0. The summed E-state index contributed by atoms with van der Waals surface area (Å²) in [4.78, 5) is 14.3. The Bertz CT molecular complexity index is 227. The van der Waals surface area contributed by atoms with Crippen molar-refractivity contribution in [1.82, 2.24) is 4.98 Å². The molecule has 4 heteroatoms. The van der Waals surface area contributed by atoms with Crippen LogP contribution in [0.25, 0.3) is 0 Å². The van der Waals surface area contributed by atoms with E-state index in [-0.39, 0.29) is 22.1 Å². The molecule has 0 N–H and O–H groups in total. The minimum absolute atomic E-state index is 0. The minimum Gasteiger partial charge on any atom is -0.287 e. The Morgan fingerprint density at radius 1 is 1.45 bits per heavy atom. The highest BCUT2D eigenvalue weighted by Crippen LogP contribution is 1.98. The van der Waals surface area contributed by atoms with Gasteiger partial charge in [0.1, 0.15) is 0 Å². The van der Waals surface area contributed by atoms with Crippen LogP contribution in [0.2, 0.25) is 0 Å². The van der Waals surface area contributed by atoms with E-state index in [9.17, 15) is 4.79 Å². The molecule has 0 spiro atoms. The maximum Gasteiger partial charge on any atom is 0.190 e. The molecule has 0 aromatic carbocycles. The topological polar surface area (TPSA) is 30.0 Å². The second kappa shape index (κ2) is 5.32. The molecule has 0 aliphatic carbocycles. The Hall–Kier alpha value is -0.350. The summed E-state index contributed by atoms with van der Waals surface area (Å²) < 4.78 is 0. The Balaban J connectivity index is 0.000001000. The monoisotopic (exact) mass is 233 g/mol. The Morgan fingerprint density at radius 3 is 2.45 bits per heavy atom. The Kier molecular flexibility index (Phi) is 5.15. The number of hydrogen-bond acceptors (Lipinski definition) is 2. The van der Waals surface area contributed by atoms with Gasteiger partial charge in [-0.2, -0.15) is 0 Å². The van der Waals surface area contributed by atoms with Crippen LogP contribution in [-0.2, 0) is 11.2 Å². The van der Waals surface area contributed by atoms with Crippen molar-refractivity contribution in [3.05, 3.63) is 30.1 Å². The molecule has 0 radical (unpaired) electrons. The third-order valence-corrected chi connectivity index (χ3v) is 1.26. The van der Waals surface area contributed by atoms with Crippen molar-refractivity contribution in [2.45, 2.75) is 6.42 Å². The van der Waals surface area contributed by atoms with Crippen LogP contribution < -0.4 is 0 Å². The molecule has 0 fully saturated rings. The molecule has 60 valence electrons. The van der Waals surface area contributed by atoms with Gasteiger partial charge in [0.15, 0.2) is 5.12 Å². The average Bonchev–Trinajstić information content (AvgIpc) is 1.88. The molecular formula is C7H8BrNOS. The second-order valence-corrected chi connectivity index (χ2v) is 2.42. The van der Waals surface area contributed by atoms with Crippen molar-refractivity contribution in [1.29, 1.82) is 0 Å². The minimum atomic E-state index is -0.119. The molecule has 1 aromatic rings. The smallest absolute Gasteiger partial charge is 0.190 e. The number of rotatable bonds is 2. The largest absolute Gasteiger partial charge is 0.287 e. The summed E-state index contributed by atoms with van der Waals surface area (Å²) in [7, 11) is 0. The zero-order chi connectivity index (χ0) is 7.40. The van der Waals surface area contributed by atoms with Crippen LogP contribution in [0.15, 0.2) is 24.5 Å². The maximum atomic E-state index is 10.5. The molecule has 0 saturated heterocycles. The molecule has 2 nitrogen and oxygen atoms in total. The first kappa shape index (κ1) is 10.7. The van der Waals surface area contributed by atoms with Crippen LogP contribution in [-0.4, -0.2) is 10.1 Å². The van der Waals surface area contributed by atoms with Crippen LogP contribution in [0.5, 0.6) is 0 Å². The first-order valence-electron chi connectivity index (χ1n) is 2.90. The van der Waals surface area contributed by atoms with Crippen LogP contribution >= 0.6 is 29.6 Å². The lowest BCUT2D eigenvalue weighted by Crippen LogP contribution is -1.92. The van der Waals surface area contributed by atoms with Crippen LogP contribution in [0.4, 0.5) is 0 Å². The number of thiol groups is 1. The number of hydrogen-bond donors (Lipinski definition) is 1. The molecule has 1 heterocycles. The number of carbonyl (C=O) groups excluding carboxylic acids is 1. The lowest BCUT2D eigenvalue weighted by Gasteiger charge is -1.92. The van der Waals surface area contributed by atoms with Gasteiger partial charge in [0.05, 0.1) is 0 Å². The van der Waals surface area contributed by atoms with Crippen molar-refractivity contribution in [2.24, 2.45) is 0 Å². The third-order valence-electron chi connectivity index (χ3n) is 1.10. The van der Waals surface area contributed by atoms with Gasteiger partial charge in [-0.25, -0.2) is 0 Å².